The molecule has 0 spiro atoms. The third-order valence-electron chi connectivity index (χ3n) is 3.28. The minimum Gasteiger partial charge on any atom is -0.313 e. The molecule has 0 aliphatic carbocycles. The van der Waals surface area contributed by atoms with Gasteiger partial charge in [0.15, 0.2) is 0 Å². The highest BCUT2D eigenvalue weighted by atomic mass is 15.1. The SMILES string of the molecule is Cc1ccncc1CN(C)CC1CCCN1. The van der Waals surface area contributed by atoms with Gasteiger partial charge in [-0.05, 0) is 50.6 Å². The van der Waals surface area contributed by atoms with Crippen molar-refractivity contribution in [2.45, 2.75) is 32.4 Å². The van der Waals surface area contributed by atoms with Crippen LogP contribution in [-0.4, -0.2) is 36.1 Å². The van der Waals surface area contributed by atoms with Crippen molar-refractivity contribution in [3.8, 4) is 0 Å². The van der Waals surface area contributed by atoms with Gasteiger partial charge in [0.1, 0.15) is 0 Å². The lowest BCUT2D eigenvalue weighted by molar-refractivity contribution is 0.292. The van der Waals surface area contributed by atoms with Crippen molar-refractivity contribution in [1.82, 2.24) is 15.2 Å². The zero-order valence-corrected chi connectivity index (χ0v) is 10.2. The Kier molecular flexibility index (Phi) is 3.91. The van der Waals surface area contributed by atoms with E-state index in [9.17, 15) is 0 Å². The van der Waals surface area contributed by atoms with Crippen LogP contribution < -0.4 is 5.32 Å². The summed E-state index contributed by atoms with van der Waals surface area (Å²) in [5.74, 6) is 0. The fourth-order valence-corrected chi connectivity index (χ4v) is 2.31. The fraction of sp³-hybridized carbons (Fsp3) is 0.615. The number of aryl methyl sites for hydroxylation is 1. The summed E-state index contributed by atoms with van der Waals surface area (Å²) in [4.78, 5) is 6.57. The summed E-state index contributed by atoms with van der Waals surface area (Å²) in [6.45, 7) is 5.47. The first-order chi connectivity index (χ1) is 7.75. The van der Waals surface area contributed by atoms with Crippen molar-refractivity contribution >= 4 is 0 Å². The minimum absolute atomic E-state index is 0.682. The zero-order chi connectivity index (χ0) is 11.4. The molecule has 2 heterocycles. The third-order valence-corrected chi connectivity index (χ3v) is 3.28. The van der Waals surface area contributed by atoms with Gasteiger partial charge in [0.25, 0.3) is 0 Å². The Bertz CT molecular complexity index is 332. The van der Waals surface area contributed by atoms with Crippen LogP contribution in [0.1, 0.15) is 24.0 Å². The molecule has 1 aromatic rings. The molecule has 1 fully saturated rings. The Morgan fingerprint density at radius 3 is 3.12 bits per heavy atom. The van der Waals surface area contributed by atoms with E-state index >= 15 is 0 Å². The Hall–Kier alpha value is -0.930. The lowest BCUT2D eigenvalue weighted by Gasteiger charge is -2.21. The molecule has 1 atom stereocenters. The molecule has 88 valence electrons. The molecule has 3 nitrogen and oxygen atoms in total. The molecule has 0 bridgehead atoms. The maximum atomic E-state index is 4.19. The summed E-state index contributed by atoms with van der Waals surface area (Å²) in [6, 6.07) is 2.76. The zero-order valence-electron chi connectivity index (χ0n) is 10.2. The molecule has 3 heteroatoms. The first kappa shape index (κ1) is 11.6. The number of rotatable bonds is 4. The third kappa shape index (κ3) is 3.03. The van der Waals surface area contributed by atoms with Crippen LogP contribution in [0.4, 0.5) is 0 Å². The van der Waals surface area contributed by atoms with Gasteiger partial charge in [-0.25, -0.2) is 0 Å². The van der Waals surface area contributed by atoms with Gasteiger partial charge in [0, 0.05) is 31.5 Å². The molecule has 2 rings (SSSR count). The molecule has 1 aliphatic heterocycles. The Morgan fingerprint density at radius 1 is 1.56 bits per heavy atom. The fourth-order valence-electron chi connectivity index (χ4n) is 2.31. The van der Waals surface area contributed by atoms with E-state index in [1.165, 1.54) is 30.5 Å². The highest BCUT2D eigenvalue weighted by Crippen LogP contribution is 2.10. The molecule has 1 N–H and O–H groups in total. The predicted molar refractivity (Wildman–Crippen MR) is 66.3 cm³/mol. The van der Waals surface area contributed by atoms with Gasteiger partial charge in [0.05, 0.1) is 0 Å². The lowest BCUT2D eigenvalue weighted by atomic mass is 10.1. The van der Waals surface area contributed by atoms with Crippen LogP contribution in [0.25, 0.3) is 0 Å². The number of nitrogens with zero attached hydrogens (tertiary/aromatic N) is 2. The van der Waals surface area contributed by atoms with E-state index in [1.54, 1.807) is 0 Å². The van der Waals surface area contributed by atoms with Crippen molar-refractivity contribution in [2.75, 3.05) is 20.1 Å². The second-order valence-corrected chi connectivity index (χ2v) is 4.79. The maximum absolute atomic E-state index is 4.19. The van der Waals surface area contributed by atoms with Gasteiger partial charge >= 0.3 is 0 Å². The van der Waals surface area contributed by atoms with E-state index < -0.39 is 0 Å². The highest BCUT2D eigenvalue weighted by molar-refractivity contribution is 5.21. The first-order valence-corrected chi connectivity index (χ1v) is 6.07. The Morgan fingerprint density at radius 2 is 2.44 bits per heavy atom. The van der Waals surface area contributed by atoms with Gasteiger partial charge in [-0.2, -0.15) is 0 Å². The van der Waals surface area contributed by atoms with Crippen molar-refractivity contribution in [1.29, 1.82) is 0 Å². The number of likely N-dealkylation sites (N-methyl/N-ethyl adjacent to an activating group) is 1. The minimum atomic E-state index is 0.682. The standard InChI is InChI=1S/C13H21N3/c1-11-5-7-14-8-12(11)9-16(2)10-13-4-3-6-15-13/h5,7-8,13,15H,3-4,6,9-10H2,1-2H3. The van der Waals surface area contributed by atoms with Crippen LogP contribution in [0.2, 0.25) is 0 Å². The molecular formula is C13H21N3. The van der Waals surface area contributed by atoms with Crippen LogP contribution in [0, 0.1) is 6.92 Å². The summed E-state index contributed by atoms with van der Waals surface area (Å²) >= 11 is 0. The number of nitrogens with one attached hydrogen (secondary N) is 1. The summed E-state index contributed by atoms with van der Waals surface area (Å²) in [5.41, 5.74) is 2.67. The molecule has 1 aliphatic rings. The molecule has 1 aromatic heterocycles. The van der Waals surface area contributed by atoms with Crippen molar-refractivity contribution in [2.24, 2.45) is 0 Å². The van der Waals surface area contributed by atoms with Crippen LogP contribution in [-0.2, 0) is 6.54 Å². The van der Waals surface area contributed by atoms with Gasteiger partial charge in [-0.1, -0.05) is 0 Å². The molecule has 1 saturated heterocycles. The van der Waals surface area contributed by atoms with Crippen LogP contribution in [0.15, 0.2) is 18.5 Å². The molecule has 0 saturated carbocycles. The predicted octanol–water partition coefficient (Wildman–Crippen LogP) is 1.57. The summed E-state index contributed by atoms with van der Waals surface area (Å²) in [6.07, 6.45) is 6.48. The molecule has 0 radical (unpaired) electrons. The quantitative estimate of drug-likeness (QED) is 0.833. The number of hydrogen-bond acceptors (Lipinski definition) is 3. The largest absolute Gasteiger partial charge is 0.313 e. The maximum Gasteiger partial charge on any atom is 0.0315 e. The summed E-state index contributed by atoms with van der Waals surface area (Å²) < 4.78 is 0. The number of pyridine rings is 1. The normalized spacial score (nSPS) is 20.6. The topological polar surface area (TPSA) is 28.2 Å². The van der Waals surface area contributed by atoms with E-state index in [4.69, 9.17) is 0 Å². The molecule has 1 unspecified atom stereocenters. The summed E-state index contributed by atoms with van der Waals surface area (Å²) in [7, 11) is 2.19. The number of aromatic nitrogens is 1. The van der Waals surface area contributed by atoms with Crippen LogP contribution >= 0.6 is 0 Å². The highest BCUT2D eigenvalue weighted by Gasteiger charge is 2.16. The molecular weight excluding hydrogens is 198 g/mol. The average Bonchev–Trinajstić information content (AvgIpc) is 2.74. The van der Waals surface area contributed by atoms with Crippen molar-refractivity contribution in [3.63, 3.8) is 0 Å². The Labute approximate surface area is 97.9 Å². The average molecular weight is 219 g/mol. The van der Waals surface area contributed by atoms with Gasteiger partial charge in [-0.15, -0.1) is 0 Å². The van der Waals surface area contributed by atoms with Crippen molar-refractivity contribution in [3.05, 3.63) is 29.6 Å². The first-order valence-electron chi connectivity index (χ1n) is 6.07. The molecule has 0 amide bonds. The van der Waals surface area contributed by atoms with Gasteiger partial charge in [0.2, 0.25) is 0 Å². The molecule has 0 aromatic carbocycles. The number of hydrogen-bond donors (Lipinski definition) is 1. The van der Waals surface area contributed by atoms with Crippen LogP contribution in [0.5, 0.6) is 0 Å². The lowest BCUT2D eigenvalue weighted by Crippen LogP contribution is -2.35. The monoisotopic (exact) mass is 219 g/mol. The second-order valence-electron chi connectivity index (χ2n) is 4.79. The van der Waals surface area contributed by atoms with E-state index in [0.717, 1.165) is 13.1 Å². The summed E-state index contributed by atoms with van der Waals surface area (Å²) in [5, 5.41) is 3.53. The van der Waals surface area contributed by atoms with E-state index in [2.05, 4.69) is 35.2 Å². The van der Waals surface area contributed by atoms with Gasteiger partial charge in [-0.3, -0.25) is 4.98 Å². The molecule has 16 heavy (non-hydrogen) atoms. The van der Waals surface area contributed by atoms with Gasteiger partial charge < -0.3 is 10.2 Å². The van der Waals surface area contributed by atoms with Crippen molar-refractivity contribution < 1.29 is 0 Å². The van der Waals surface area contributed by atoms with E-state index in [-0.39, 0.29) is 0 Å². The van der Waals surface area contributed by atoms with Crippen LogP contribution in [0.3, 0.4) is 0 Å². The van der Waals surface area contributed by atoms with E-state index in [1.807, 2.05) is 12.4 Å². The Balaban J connectivity index is 1.86. The second kappa shape index (κ2) is 5.41. The van der Waals surface area contributed by atoms with E-state index in [0.29, 0.717) is 6.04 Å². The smallest absolute Gasteiger partial charge is 0.0315 e.